The van der Waals surface area contributed by atoms with E-state index in [1.807, 2.05) is 19.1 Å². The highest BCUT2D eigenvalue weighted by atomic mass is 16.6. The van der Waals surface area contributed by atoms with Crippen LogP contribution in [-0.2, 0) is 0 Å². The number of pyridine rings is 1. The lowest BCUT2D eigenvalue weighted by Gasteiger charge is -2.17. The number of ether oxygens (including phenoxy) is 4. The van der Waals surface area contributed by atoms with Gasteiger partial charge in [0.05, 0.1) is 26.9 Å². The van der Waals surface area contributed by atoms with Gasteiger partial charge in [-0.3, -0.25) is 9.78 Å². The lowest BCUT2D eigenvalue weighted by atomic mass is 9.92. The van der Waals surface area contributed by atoms with E-state index in [0.29, 0.717) is 33.9 Å². The summed E-state index contributed by atoms with van der Waals surface area (Å²) in [6.07, 6.45) is 3.20. The van der Waals surface area contributed by atoms with Gasteiger partial charge in [-0.25, -0.2) is 4.79 Å². The second-order valence-electron chi connectivity index (χ2n) is 8.58. The van der Waals surface area contributed by atoms with Crippen LogP contribution >= 0.6 is 0 Å². The first-order valence-electron chi connectivity index (χ1n) is 12.1. The van der Waals surface area contributed by atoms with E-state index in [2.05, 4.69) is 10.3 Å². The molecule has 1 amide bonds. The van der Waals surface area contributed by atoms with Gasteiger partial charge in [-0.05, 0) is 72.1 Å². The Morgan fingerprint density at radius 1 is 0.821 bits per heavy atom. The fourth-order valence-electron chi connectivity index (χ4n) is 4.11. The fraction of sp³-hybridized carbons (Fsp3) is 0.167. The molecule has 0 aliphatic carbocycles. The smallest absolute Gasteiger partial charge is 0.343 e. The zero-order chi connectivity index (χ0) is 27.9. The van der Waals surface area contributed by atoms with Crippen molar-refractivity contribution in [2.45, 2.75) is 13.0 Å². The minimum absolute atomic E-state index is 0.177. The Hall–Kier alpha value is -4.89. The Labute approximate surface area is 226 Å². The molecule has 1 heterocycles. The molecule has 39 heavy (non-hydrogen) atoms. The summed E-state index contributed by atoms with van der Waals surface area (Å²) in [5, 5.41) is 2.86. The first-order chi connectivity index (χ1) is 18.9. The number of nitrogens with one attached hydrogen (secondary N) is 1. The maximum Gasteiger partial charge on any atom is 0.343 e. The number of esters is 1. The van der Waals surface area contributed by atoms with Crippen molar-refractivity contribution in [3.63, 3.8) is 0 Å². The molecule has 0 bridgehead atoms. The van der Waals surface area contributed by atoms with E-state index >= 15 is 0 Å². The number of rotatable bonds is 9. The third-order valence-electron chi connectivity index (χ3n) is 6.02. The number of methoxy groups -OCH3 is 3. The van der Waals surface area contributed by atoms with Crippen molar-refractivity contribution in [3.05, 3.63) is 95.8 Å². The van der Waals surface area contributed by atoms with Crippen LogP contribution in [0, 0.1) is 0 Å². The Bertz CT molecular complexity index is 1490. The predicted octanol–water partition coefficient (Wildman–Crippen LogP) is 5.27. The Morgan fingerprint density at radius 3 is 2.18 bits per heavy atom. The summed E-state index contributed by atoms with van der Waals surface area (Å²) in [5.41, 5.74) is 9.87. The monoisotopic (exact) mass is 527 g/mol. The summed E-state index contributed by atoms with van der Waals surface area (Å²) in [6.45, 7) is 1.86. The summed E-state index contributed by atoms with van der Waals surface area (Å²) in [6, 6.07) is 18.5. The highest BCUT2D eigenvalue weighted by Gasteiger charge is 2.21. The molecule has 4 aromatic rings. The molecule has 0 saturated carbocycles. The molecule has 1 aromatic heterocycles. The lowest BCUT2D eigenvalue weighted by Crippen LogP contribution is -2.14. The number of amides is 1. The van der Waals surface area contributed by atoms with Crippen molar-refractivity contribution in [2.75, 3.05) is 26.6 Å². The number of hydrogen-bond donors (Lipinski definition) is 2. The number of anilines is 1. The summed E-state index contributed by atoms with van der Waals surface area (Å²) in [4.78, 5) is 30.1. The van der Waals surface area contributed by atoms with Gasteiger partial charge in [0.15, 0.2) is 11.5 Å². The molecule has 0 aliphatic rings. The van der Waals surface area contributed by atoms with E-state index in [9.17, 15) is 9.59 Å². The lowest BCUT2D eigenvalue weighted by molar-refractivity contribution is 0.0728. The van der Waals surface area contributed by atoms with E-state index in [-0.39, 0.29) is 23.4 Å². The van der Waals surface area contributed by atoms with Gasteiger partial charge in [0.25, 0.3) is 5.91 Å². The van der Waals surface area contributed by atoms with Crippen molar-refractivity contribution in [1.29, 1.82) is 0 Å². The summed E-state index contributed by atoms with van der Waals surface area (Å²) >= 11 is 0. The highest BCUT2D eigenvalue weighted by Crippen LogP contribution is 2.44. The Kier molecular flexibility index (Phi) is 8.43. The minimum atomic E-state index is -0.601. The van der Waals surface area contributed by atoms with E-state index in [1.165, 1.54) is 21.3 Å². The number of carbonyl (C=O) groups excluding carboxylic acids is 2. The standard InChI is InChI=1S/C30H29N3O6/c1-18(31)23-9-8-20(29(34)33-22-12-14-32-15-13-22)17-24(23)19-6-5-7-21(16-19)30(35)39-26-11-10-25(36-2)27(37-3)28(26)38-4/h5-18H,31H2,1-4H3,(H,32,33,34). The van der Waals surface area contributed by atoms with Crippen LogP contribution in [0.2, 0.25) is 0 Å². The number of nitrogens with zero attached hydrogens (tertiary/aromatic N) is 1. The molecule has 0 saturated heterocycles. The SMILES string of the molecule is COc1ccc(OC(=O)c2cccc(-c3cc(C(=O)Nc4ccncc4)ccc3C(C)N)c2)c(OC)c1OC. The number of aromatic nitrogens is 1. The van der Waals surface area contributed by atoms with Crippen LogP contribution in [0.15, 0.2) is 79.1 Å². The van der Waals surface area contributed by atoms with Crippen molar-refractivity contribution in [3.8, 4) is 34.1 Å². The zero-order valence-corrected chi connectivity index (χ0v) is 22.1. The molecule has 0 fully saturated rings. The summed E-state index contributed by atoms with van der Waals surface area (Å²) < 4.78 is 21.8. The molecule has 0 spiro atoms. The third kappa shape index (κ3) is 6.00. The molecule has 0 aliphatic heterocycles. The summed E-state index contributed by atoms with van der Waals surface area (Å²) in [5.74, 6) is 0.270. The highest BCUT2D eigenvalue weighted by molar-refractivity contribution is 6.05. The van der Waals surface area contributed by atoms with Crippen LogP contribution in [0.1, 0.15) is 39.2 Å². The number of carbonyl (C=O) groups is 2. The van der Waals surface area contributed by atoms with Gasteiger partial charge in [0.1, 0.15) is 0 Å². The molecular formula is C30H29N3O6. The average Bonchev–Trinajstić information content (AvgIpc) is 2.96. The van der Waals surface area contributed by atoms with E-state index in [1.54, 1.807) is 67.0 Å². The van der Waals surface area contributed by atoms with E-state index in [4.69, 9.17) is 24.7 Å². The predicted molar refractivity (Wildman–Crippen MR) is 148 cm³/mol. The molecule has 4 rings (SSSR count). The number of hydrogen-bond acceptors (Lipinski definition) is 8. The Morgan fingerprint density at radius 2 is 1.51 bits per heavy atom. The molecule has 200 valence electrons. The topological polar surface area (TPSA) is 122 Å². The second-order valence-corrected chi connectivity index (χ2v) is 8.58. The van der Waals surface area contributed by atoms with Crippen LogP contribution in [-0.4, -0.2) is 38.2 Å². The van der Waals surface area contributed by atoms with Crippen molar-refractivity contribution >= 4 is 17.6 Å². The average molecular weight is 528 g/mol. The van der Waals surface area contributed by atoms with Gasteiger partial charge in [0.2, 0.25) is 11.5 Å². The molecule has 1 atom stereocenters. The summed E-state index contributed by atoms with van der Waals surface area (Å²) in [7, 11) is 4.42. The van der Waals surface area contributed by atoms with Crippen LogP contribution in [0.3, 0.4) is 0 Å². The van der Waals surface area contributed by atoms with Crippen LogP contribution < -0.4 is 30.0 Å². The molecule has 1 unspecified atom stereocenters. The largest absolute Gasteiger partial charge is 0.493 e. The van der Waals surface area contributed by atoms with Gasteiger partial charge < -0.3 is 30.0 Å². The van der Waals surface area contributed by atoms with E-state index in [0.717, 1.165) is 11.1 Å². The number of benzene rings is 3. The van der Waals surface area contributed by atoms with Gasteiger partial charge >= 0.3 is 5.97 Å². The third-order valence-corrected chi connectivity index (χ3v) is 6.02. The normalized spacial score (nSPS) is 11.3. The second kappa shape index (κ2) is 12.1. The Balaban J connectivity index is 1.66. The molecule has 0 radical (unpaired) electrons. The molecule has 3 N–H and O–H groups in total. The quantitative estimate of drug-likeness (QED) is 0.223. The van der Waals surface area contributed by atoms with Crippen molar-refractivity contribution in [2.24, 2.45) is 5.73 Å². The van der Waals surface area contributed by atoms with Crippen LogP contribution in [0.5, 0.6) is 23.0 Å². The fourth-order valence-corrected chi connectivity index (χ4v) is 4.11. The number of nitrogens with two attached hydrogens (primary N) is 1. The minimum Gasteiger partial charge on any atom is -0.493 e. The maximum atomic E-state index is 13.2. The van der Waals surface area contributed by atoms with Gasteiger partial charge in [-0.15, -0.1) is 0 Å². The first kappa shape index (κ1) is 27.2. The van der Waals surface area contributed by atoms with Gasteiger partial charge in [0, 0.05) is 29.7 Å². The van der Waals surface area contributed by atoms with Gasteiger partial charge in [-0.1, -0.05) is 18.2 Å². The van der Waals surface area contributed by atoms with Gasteiger partial charge in [-0.2, -0.15) is 0 Å². The van der Waals surface area contributed by atoms with Crippen LogP contribution in [0.4, 0.5) is 5.69 Å². The first-order valence-corrected chi connectivity index (χ1v) is 12.1. The van der Waals surface area contributed by atoms with E-state index < -0.39 is 5.97 Å². The molecular weight excluding hydrogens is 498 g/mol. The van der Waals surface area contributed by atoms with Crippen LogP contribution in [0.25, 0.3) is 11.1 Å². The molecule has 3 aromatic carbocycles. The zero-order valence-electron chi connectivity index (χ0n) is 22.1. The molecule has 9 heteroatoms. The molecule has 9 nitrogen and oxygen atoms in total. The van der Waals surface area contributed by atoms with Crippen molar-refractivity contribution < 1.29 is 28.5 Å². The van der Waals surface area contributed by atoms with Crippen molar-refractivity contribution in [1.82, 2.24) is 4.98 Å². The maximum absolute atomic E-state index is 13.2.